The Bertz CT molecular complexity index is 20.4. The van der Waals surface area contributed by atoms with Crippen LogP contribution in [-0.2, 0) is 24.0 Å². The topological polar surface area (TPSA) is 37.3 Å². The molecule has 0 aliphatic carbocycles. The van der Waals surface area contributed by atoms with E-state index in [9.17, 15) is 0 Å². The second kappa shape index (κ2) is 76.2. The maximum atomic E-state index is 8.46. The molecule has 0 unspecified atom stereocenters. The molecule has 0 amide bonds. The van der Waals surface area contributed by atoms with Gasteiger partial charge in [0, 0.05) is 0 Å². The molecule has 0 aliphatic heterocycles. The summed E-state index contributed by atoms with van der Waals surface area (Å²) in [5, 5.41) is 0. The van der Waals surface area contributed by atoms with E-state index in [2.05, 4.69) is 6.92 Å². The fraction of sp³-hybridized carbons (Fsp3) is 0.333. The van der Waals surface area contributed by atoms with Gasteiger partial charge in [-0.05, 0) is 0 Å². The average molecular weight is 173 g/mol. The molecular formula is C3H9O2PZn. The number of rotatable bonds is 0. The summed E-state index contributed by atoms with van der Waals surface area (Å²) in [6.07, 6.45) is 0. The summed E-state index contributed by atoms with van der Waals surface area (Å²) in [4.78, 5) is 6.99. The average Bonchev–Trinajstić information content (AvgIpc) is 1.46. The van der Waals surface area contributed by atoms with E-state index in [-0.39, 0.29) is 26.9 Å². The van der Waals surface area contributed by atoms with Crippen molar-refractivity contribution in [2.24, 2.45) is 0 Å². The van der Waals surface area contributed by atoms with Gasteiger partial charge in [-0.25, -0.2) is 4.57 Å². The van der Waals surface area contributed by atoms with Gasteiger partial charge in [-0.2, -0.15) is 6.92 Å². The molecule has 0 saturated carbocycles. The minimum absolute atomic E-state index is 0. The monoisotopic (exact) mass is 172 g/mol. The molecule has 4 heteroatoms. The summed E-state index contributed by atoms with van der Waals surface area (Å²) in [6.45, 7) is 5.00. The molecule has 0 saturated heterocycles. The first-order valence-corrected chi connectivity index (χ1v) is 1.85. The Balaban J connectivity index is -0.0000000105. The van der Waals surface area contributed by atoms with Gasteiger partial charge in [0.1, 0.15) is 0 Å². The van der Waals surface area contributed by atoms with Gasteiger partial charge >= 0.3 is 28.2 Å². The van der Waals surface area contributed by atoms with Gasteiger partial charge in [-0.15, -0.1) is 0 Å². The van der Waals surface area contributed by atoms with Gasteiger partial charge in [-0.1, -0.05) is 0 Å². The van der Waals surface area contributed by atoms with Crippen LogP contribution in [0.15, 0.2) is 0 Å². The van der Waals surface area contributed by atoms with Gasteiger partial charge in [-0.3, -0.25) is 0 Å². The van der Waals surface area contributed by atoms with Crippen LogP contribution >= 0.6 is 8.69 Å². The van der Waals surface area contributed by atoms with Crippen molar-refractivity contribution in [1.29, 1.82) is 0 Å². The number of hydrogen-bond acceptors (Lipinski definition) is 1. The maximum Gasteiger partial charge on any atom is 2.00 e. The van der Waals surface area contributed by atoms with Gasteiger partial charge < -0.3 is 19.2 Å². The fourth-order valence-electron chi connectivity index (χ4n) is 0. The van der Waals surface area contributed by atoms with Crippen LogP contribution in [0.25, 0.3) is 0 Å². The van der Waals surface area contributed by atoms with Gasteiger partial charge in [0.25, 0.3) is 0 Å². The molecule has 0 rings (SSSR count). The minimum Gasteiger partial charge on any atom is -0.358 e. The van der Waals surface area contributed by atoms with Crippen molar-refractivity contribution in [3.05, 3.63) is 14.4 Å². The van der Waals surface area contributed by atoms with Crippen LogP contribution in [0.4, 0.5) is 0 Å². The van der Waals surface area contributed by atoms with Gasteiger partial charge in [0.15, 0.2) is 0 Å². The largest absolute Gasteiger partial charge is 2.00 e. The molecule has 1 N–H and O–H groups in total. The molecule has 40 valence electrons. The molecule has 0 aromatic rings. The van der Waals surface area contributed by atoms with E-state index in [4.69, 9.17) is 9.46 Å². The maximum absolute atomic E-state index is 8.46. The Morgan fingerprint density at radius 1 is 1.57 bits per heavy atom. The second-order valence-electron chi connectivity index (χ2n) is 0.0816. The summed E-state index contributed by atoms with van der Waals surface area (Å²) >= 11 is 0. The standard InChI is InChI=1S/C2H5.CH3.HO2P.Zn/c1-2;;1-3-2;/h1H2,2H3;1H3;(H,1,2);/q2*-1;;+2. The van der Waals surface area contributed by atoms with Crippen molar-refractivity contribution in [2.75, 3.05) is 0 Å². The molecule has 2 nitrogen and oxygen atoms in total. The van der Waals surface area contributed by atoms with E-state index in [1.807, 2.05) is 0 Å². The first kappa shape index (κ1) is 25.3. The van der Waals surface area contributed by atoms with E-state index in [0.717, 1.165) is 0 Å². The predicted molar refractivity (Wildman–Crippen MR) is 27.3 cm³/mol. The van der Waals surface area contributed by atoms with E-state index in [1.165, 1.54) is 0 Å². The zero-order valence-electron chi connectivity index (χ0n) is 4.72. The molecule has 0 radical (unpaired) electrons. The summed E-state index contributed by atoms with van der Waals surface area (Å²) in [5.74, 6) is 0. The van der Waals surface area contributed by atoms with Crippen LogP contribution in [0.1, 0.15) is 6.92 Å². The SMILES string of the molecule is O=PO.[CH2-]C.[CH3-].[Zn+2]. The summed E-state index contributed by atoms with van der Waals surface area (Å²) in [6, 6.07) is 0. The van der Waals surface area contributed by atoms with E-state index in [1.54, 1.807) is 6.92 Å². The quantitative estimate of drug-likeness (QED) is 0.342. The normalized spacial score (nSPS) is 3.86. The Kier molecular flexibility index (Phi) is 275. The molecule has 0 aliphatic rings. The fourth-order valence-corrected chi connectivity index (χ4v) is 0. The van der Waals surface area contributed by atoms with Crippen molar-refractivity contribution in [3.63, 3.8) is 0 Å². The summed E-state index contributed by atoms with van der Waals surface area (Å²) in [5.41, 5.74) is 0. The zero-order valence-corrected chi connectivity index (χ0v) is 8.58. The Labute approximate surface area is 59.4 Å². The molecule has 0 bridgehead atoms. The Morgan fingerprint density at radius 2 is 1.57 bits per heavy atom. The summed E-state index contributed by atoms with van der Waals surface area (Å²) in [7, 11) is -0.833. The van der Waals surface area contributed by atoms with Crippen LogP contribution in [0.3, 0.4) is 0 Å². The zero-order chi connectivity index (χ0) is 4.71. The van der Waals surface area contributed by atoms with Crippen LogP contribution < -0.4 is 0 Å². The predicted octanol–water partition coefficient (Wildman–Crippen LogP) is 1.47. The molecular weight excluding hydrogens is 164 g/mol. The number of hydrogen-bond donors (Lipinski definition) is 1. The first-order chi connectivity index (χ1) is 2.41. The van der Waals surface area contributed by atoms with Gasteiger partial charge in [0.05, 0.1) is 0 Å². The van der Waals surface area contributed by atoms with Gasteiger partial charge in [0.2, 0.25) is 0 Å². The summed E-state index contributed by atoms with van der Waals surface area (Å²) < 4.78 is 8.46. The van der Waals surface area contributed by atoms with E-state index < -0.39 is 8.69 Å². The van der Waals surface area contributed by atoms with E-state index >= 15 is 0 Å². The minimum atomic E-state index is -0.833. The smallest absolute Gasteiger partial charge is 0.358 e. The molecule has 7 heavy (non-hydrogen) atoms. The van der Waals surface area contributed by atoms with Crippen LogP contribution in [0.2, 0.25) is 0 Å². The molecule has 0 heterocycles. The second-order valence-corrected chi connectivity index (χ2v) is 0.245. The molecule has 0 aromatic carbocycles. The van der Waals surface area contributed by atoms with Crippen LogP contribution in [-0.4, -0.2) is 4.89 Å². The Hall–Kier alpha value is 0.683. The van der Waals surface area contributed by atoms with E-state index in [0.29, 0.717) is 0 Å². The third kappa shape index (κ3) is 314. The molecule has 0 spiro atoms. The van der Waals surface area contributed by atoms with Crippen LogP contribution in [0, 0.1) is 14.4 Å². The van der Waals surface area contributed by atoms with Crippen LogP contribution in [0.5, 0.6) is 0 Å². The van der Waals surface area contributed by atoms with Crippen molar-refractivity contribution in [3.8, 4) is 0 Å². The van der Waals surface area contributed by atoms with Crippen molar-refractivity contribution >= 4 is 8.69 Å². The third-order valence-electron chi connectivity index (χ3n) is 0. The molecule has 0 aromatic heterocycles. The Morgan fingerprint density at radius 3 is 1.57 bits per heavy atom. The van der Waals surface area contributed by atoms with Crippen molar-refractivity contribution in [1.82, 2.24) is 0 Å². The first-order valence-electron chi connectivity index (χ1n) is 1.09. The molecule has 0 atom stereocenters. The van der Waals surface area contributed by atoms with Crippen molar-refractivity contribution in [2.45, 2.75) is 6.92 Å². The third-order valence-corrected chi connectivity index (χ3v) is 0. The van der Waals surface area contributed by atoms with Crippen molar-refractivity contribution < 1.29 is 28.9 Å². The molecule has 0 fully saturated rings.